The highest BCUT2D eigenvalue weighted by Crippen LogP contribution is 2.23. The van der Waals surface area contributed by atoms with Crippen LogP contribution in [0.5, 0.6) is 11.5 Å². The second-order valence-corrected chi connectivity index (χ2v) is 6.01. The summed E-state index contributed by atoms with van der Waals surface area (Å²) in [6.07, 6.45) is -0.330. The van der Waals surface area contributed by atoms with E-state index in [1.165, 1.54) is 24.3 Å². The molecule has 6 nitrogen and oxygen atoms in total. The highest BCUT2D eigenvalue weighted by molar-refractivity contribution is 6.30. The van der Waals surface area contributed by atoms with Gasteiger partial charge in [-0.25, -0.2) is 4.39 Å². The molecule has 0 spiro atoms. The summed E-state index contributed by atoms with van der Waals surface area (Å²) in [5.74, 6) is -0.682. The van der Waals surface area contributed by atoms with Crippen molar-refractivity contribution in [3.05, 3.63) is 58.9 Å². The van der Waals surface area contributed by atoms with Gasteiger partial charge in [-0.2, -0.15) is 0 Å². The predicted octanol–water partition coefficient (Wildman–Crippen LogP) is 3.42. The van der Waals surface area contributed by atoms with Gasteiger partial charge in [0.1, 0.15) is 30.5 Å². The quantitative estimate of drug-likeness (QED) is 0.602. The number of hydrogen-bond acceptors (Lipinski definition) is 4. The number of benzene rings is 2. The molecule has 144 valence electrons. The molecule has 27 heavy (non-hydrogen) atoms. The second kappa shape index (κ2) is 10.4. The molecule has 0 atom stereocenters. The maximum atomic E-state index is 12.8. The van der Waals surface area contributed by atoms with E-state index >= 15 is 0 Å². The van der Waals surface area contributed by atoms with Crippen LogP contribution in [0.15, 0.2) is 42.5 Å². The first-order valence-corrected chi connectivity index (χ1v) is 8.60. The van der Waals surface area contributed by atoms with Gasteiger partial charge >= 0.3 is 5.97 Å². The van der Waals surface area contributed by atoms with Crippen LogP contribution in [0, 0.1) is 5.82 Å². The Morgan fingerprint density at radius 2 is 1.74 bits per heavy atom. The molecule has 1 amide bonds. The average Bonchev–Trinajstić information content (AvgIpc) is 2.64. The highest BCUT2D eigenvalue weighted by atomic mass is 35.5. The molecule has 8 heteroatoms. The third-order valence-electron chi connectivity index (χ3n) is 3.49. The van der Waals surface area contributed by atoms with Gasteiger partial charge in [-0.3, -0.25) is 9.59 Å². The summed E-state index contributed by atoms with van der Waals surface area (Å²) in [6.45, 7) is 0.644. The van der Waals surface area contributed by atoms with E-state index in [1.807, 2.05) is 0 Å². The van der Waals surface area contributed by atoms with Crippen molar-refractivity contribution in [2.75, 3.05) is 13.2 Å². The first-order chi connectivity index (χ1) is 12.9. The average molecular weight is 396 g/mol. The van der Waals surface area contributed by atoms with E-state index in [9.17, 15) is 14.0 Å². The first kappa shape index (κ1) is 20.5. The molecule has 0 heterocycles. The number of nitrogens with one attached hydrogen (secondary N) is 1. The number of amides is 1. The lowest BCUT2D eigenvalue weighted by atomic mass is 10.2. The Balaban J connectivity index is 1.84. The summed E-state index contributed by atoms with van der Waals surface area (Å²) >= 11 is 5.99. The molecule has 0 fully saturated rings. The number of hydrogen-bond donors (Lipinski definition) is 2. The number of carboxylic acids is 1. The van der Waals surface area contributed by atoms with Crippen LogP contribution in [0.3, 0.4) is 0 Å². The van der Waals surface area contributed by atoms with Crippen molar-refractivity contribution < 1.29 is 28.6 Å². The summed E-state index contributed by atoms with van der Waals surface area (Å²) in [4.78, 5) is 22.2. The summed E-state index contributed by atoms with van der Waals surface area (Å²) in [6, 6.07) is 10.7. The van der Waals surface area contributed by atoms with Crippen molar-refractivity contribution in [3.8, 4) is 11.5 Å². The van der Waals surface area contributed by atoms with Gasteiger partial charge in [-0.1, -0.05) is 11.6 Å². The molecule has 0 bridgehead atoms. The summed E-state index contributed by atoms with van der Waals surface area (Å²) in [5, 5.41) is 11.7. The molecule has 0 aliphatic rings. The molecule has 0 aliphatic carbocycles. The summed E-state index contributed by atoms with van der Waals surface area (Å²) in [7, 11) is 0. The summed E-state index contributed by atoms with van der Waals surface area (Å²) < 4.78 is 24.0. The molecule has 0 unspecified atom stereocenters. The van der Waals surface area contributed by atoms with Gasteiger partial charge in [0, 0.05) is 23.6 Å². The number of carbonyl (C=O) groups is 2. The molecule has 0 aromatic heterocycles. The molecule has 2 rings (SSSR count). The van der Waals surface area contributed by atoms with E-state index in [-0.39, 0.29) is 44.3 Å². The van der Waals surface area contributed by atoms with Gasteiger partial charge in [0.05, 0.1) is 6.42 Å². The SMILES string of the molecule is O=C(O)CCC(=O)NCc1cc(Cl)ccc1OCCOc1ccc(F)cc1. The Bertz CT molecular complexity index is 782. The fraction of sp³-hybridized carbons (Fsp3) is 0.263. The third-order valence-corrected chi connectivity index (χ3v) is 3.72. The molecule has 0 saturated heterocycles. The van der Waals surface area contributed by atoms with Crippen molar-refractivity contribution in [2.24, 2.45) is 0 Å². The lowest BCUT2D eigenvalue weighted by molar-refractivity contribution is -0.138. The van der Waals surface area contributed by atoms with Crippen LogP contribution in [0.25, 0.3) is 0 Å². The van der Waals surface area contributed by atoms with E-state index in [1.54, 1.807) is 18.2 Å². The van der Waals surface area contributed by atoms with Crippen molar-refractivity contribution >= 4 is 23.5 Å². The lowest BCUT2D eigenvalue weighted by Gasteiger charge is -2.13. The Morgan fingerprint density at radius 3 is 2.44 bits per heavy atom. The Hall–Kier alpha value is -2.80. The summed E-state index contributed by atoms with van der Waals surface area (Å²) in [5.41, 5.74) is 0.660. The Labute approximate surface area is 160 Å². The molecule has 2 aromatic rings. The molecule has 2 aromatic carbocycles. The topological polar surface area (TPSA) is 84.9 Å². The van der Waals surface area contributed by atoms with E-state index in [0.29, 0.717) is 22.1 Å². The van der Waals surface area contributed by atoms with E-state index in [0.717, 1.165) is 0 Å². The van der Waals surface area contributed by atoms with Crippen LogP contribution in [0.2, 0.25) is 5.02 Å². The Morgan fingerprint density at radius 1 is 1.04 bits per heavy atom. The molecule has 0 radical (unpaired) electrons. The maximum absolute atomic E-state index is 12.8. The van der Waals surface area contributed by atoms with Crippen LogP contribution >= 0.6 is 11.6 Å². The molecule has 0 aliphatic heterocycles. The lowest BCUT2D eigenvalue weighted by Crippen LogP contribution is -2.23. The smallest absolute Gasteiger partial charge is 0.303 e. The maximum Gasteiger partial charge on any atom is 0.303 e. The minimum absolute atomic E-state index is 0.0996. The van der Waals surface area contributed by atoms with Crippen molar-refractivity contribution in [3.63, 3.8) is 0 Å². The zero-order valence-electron chi connectivity index (χ0n) is 14.4. The minimum atomic E-state index is -1.03. The fourth-order valence-corrected chi connectivity index (χ4v) is 2.37. The first-order valence-electron chi connectivity index (χ1n) is 8.22. The van der Waals surface area contributed by atoms with Crippen molar-refractivity contribution in [2.45, 2.75) is 19.4 Å². The van der Waals surface area contributed by atoms with Gasteiger partial charge in [-0.15, -0.1) is 0 Å². The number of halogens is 2. The Kier molecular flexibility index (Phi) is 7.88. The highest BCUT2D eigenvalue weighted by Gasteiger charge is 2.09. The zero-order chi connectivity index (χ0) is 19.6. The number of aliphatic carboxylic acids is 1. The van der Waals surface area contributed by atoms with Crippen LogP contribution in [-0.4, -0.2) is 30.2 Å². The molecule has 2 N–H and O–H groups in total. The van der Waals surface area contributed by atoms with E-state index in [4.69, 9.17) is 26.2 Å². The number of carboxylic acid groups (broad SMARTS) is 1. The van der Waals surface area contributed by atoms with Gasteiger partial charge in [0.2, 0.25) is 5.91 Å². The van der Waals surface area contributed by atoms with Gasteiger partial charge in [0.15, 0.2) is 0 Å². The van der Waals surface area contributed by atoms with E-state index < -0.39 is 5.97 Å². The van der Waals surface area contributed by atoms with Gasteiger partial charge in [0.25, 0.3) is 0 Å². The van der Waals surface area contributed by atoms with Gasteiger partial charge < -0.3 is 19.9 Å². The predicted molar refractivity (Wildman–Crippen MR) is 97.6 cm³/mol. The van der Waals surface area contributed by atoms with Crippen LogP contribution < -0.4 is 14.8 Å². The molecular weight excluding hydrogens is 377 g/mol. The number of ether oxygens (including phenoxy) is 2. The minimum Gasteiger partial charge on any atom is -0.490 e. The van der Waals surface area contributed by atoms with E-state index in [2.05, 4.69) is 5.32 Å². The largest absolute Gasteiger partial charge is 0.490 e. The normalized spacial score (nSPS) is 10.3. The monoisotopic (exact) mass is 395 g/mol. The third kappa shape index (κ3) is 7.53. The van der Waals surface area contributed by atoms with Crippen LogP contribution in [0.4, 0.5) is 4.39 Å². The molecular formula is C19H19ClFNO5. The van der Waals surface area contributed by atoms with Crippen LogP contribution in [-0.2, 0) is 16.1 Å². The zero-order valence-corrected chi connectivity index (χ0v) is 15.2. The van der Waals surface area contributed by atoms with Crippen molar-refractivity contribution in [1.82, 2.24) is 5.32 Å². The molecule has 0 saturated carbocycles. The number of carbonyl (C=O) groups excluding carboxylic acids is 1. The number of rotatable bonds is 10. The second-order valence-electron chi connectivity index (χ2n) is 5.57. The van der Waals surface area contributed by atoms with Crippen molar-refractivity contribution in [1.29, 1.82) is 0 Å². The standard InChI is InChI=1S/C19H19ClFNO5/c20-14-1-6-17(13(11-14)12-22-18(23)7-8-19(24)25)27-10-9-26-16-4-2-15(21)3-5-16/h1-6,11H,7-10,12H2,(H,22,23)(H,24,25). The fourth-order valence-electron chi connectivity index (χ4n) is 2.17. The van der Waals surface area contributed by atoms with Gasteiger partial charge in [-0.05, 0) is 42.5 Å². The van der Waals surface area contributed by atoms with Crippen LogP contribution in [0.1, 0.15) is 18.4 Å².